The van der Waals surface area contributed by atoms with E-state index in [0.29, 0.717) is 13.1 Å². The van der Waals surface area contributed by atoms with Gasteiger partial charge in [-0.05, 0) is 33.1 Å². The zero-order chi connectivity index (χ0) is 13.7. The van der Waals surface area contributed by atoms with Crippen LogP contribution >= 0.6 is 11.3 Å². The molecule has 0 amide bonds. The van der Waals surface area contributed by atoms with Crippen molar-refractivity contribution in [2.75, 3.05) is 13.1 Å². The van der Waals surface area contributed by atoms with Gasteiger partial charge in [0.15, 0.2) is 5.96 Å². The Hall–Kier alpha value is -1.14. The summed E-state index contributed by atoms with van der Waals surface area (Å²) in [4.78, 5) is 9.98. The Morgan fingerprint density at radius 3 is 2.84 bits per heavy atom. The van der Waals surface area contributed by atoms with Gasteiger partial charge in [-0.15, -0.1) is 11.3 Å². The molecular formula is C13H22N4OS. The number of aliphatic imine (C=N–C) groups is 1. The van der Waals surface area contributed by atoms with E-state index in [1.54, 1.807) is 11.3 Å². The van der Waals surface area contributed by atoms with Crippen molar-refractivity contribution < 1.29 is 5.11 Å². The van der Waals surface area contributed by atoms with Crippen molar-refractivity contribution in [1.29, 1.82) is 0 Å². The van der Waals surface area contributed by atoms with Crippen LogP contribution in [0.15, 0.2) is 11.2 Å². The maximum atomic E-state index is 10.1. The summed E-state index contributed by atoms with van der Waals surface area (Å²) in [6.45, 7) is 6.02. The smallest absolute Gasteiger partial charge is 0.191 e. The first-order chi connectivity index (χ1) is 9.11. The van der Waals surface area contributed by atoms with Gasteiger partial charge in [0.25, 0.3) is 0 Å². The fourth-order valence-corrected chi connectivity index (χ4v) is 2.68. The molecule has 1 aliphatic carbocycles. The molecule has 0 aromatic carbocycles. The van der Waals surface area contributed by atoms with Gasteiger partial charge in [-0.1, -0.05) is 0 Å². The van der Waals surface area contributed by atoms with E-state index in [4.69, 9.17) is 0 Å². The van der Waals surface area contributed by atoms with Crippen molar-refractivity contribution in [3.05, 3.63) is 16.1 Å². The van der Waals surface area contributed by atoms with Gasteiger partial charge in [0, 0.05) is 24.2 Å². The van der Waals surface area contributed by atoms with Crippen molar-refractivity contribution in [2.24, 2.45) is 4.99 Å². The van der Waals surface area contributed by atoms with Crippen LogP contribution in [0.3, 0.4) is 0 Å². The highest BCUT2D eigenvalue weighted by Crippen LogP contribution is 2.30. The molecule has 106 valence electrons. The molecule has 0 bridgehead atoms. The molecule has 1 heterocycles. The summed E-state index contributed by atoms with van der Waals surface area (Å²) in [5.74, 6) is 0.746. The second-order valence-electron chi connectivity index (χ2n) is 4.99. The Balaban J connectivity index is 1.87. The lowest BCUT2D eigenvalue weighted by molar-refractivity contribution is -0.0279. The average Bonchev–Trinajstić information content (AvgIpc) is 2.76. The number of hydrogen-bond acceptors (Lipinski definition) is 4. The number of thiazole rings is 1. The monoisotopic (exact) mass is 282 g/mol. The third-order valence-electron chi connectivity index (χ3n) is 3.25. The van der Waals surface area contributed by atoms with Gasteiger partial charge in [0.1, 0.15) is 5.01 Å². The van der Waals surface area contributed by atoms with E-state index in [9.17, 15) is 5.11 Å². The lowest BCUT2D eigenvalue weighted by Crippen LogP contribution is -2.50. The minimum absolute atomic E-state index is 0.534. The number of aryl methyl sites for hydroxylation is 1. The topological polar surface area (TPSA) is 69.5 Å². The van der Waals surface area contributed by atoms with Crippen molar-refractivity contribution in [3.63, 3.8) is 0 Å². The number of rotatable bonds is 5. The zero-order valence-corrected chi connectivity index (χ0v) is 12.4. The number of aliphatic hydroxyl groups is 1. The van der Waals surface area contributed by atoms with Gasteiger partial charge < -0.3 is 15.7 Å². The van der Waals surface area contributed by atoms with Crippen LogP contribution in [0.2, 0.25) is 0 Å². The first kappa shape index (κ1) is 14.3. The van der Waals surface area contributed by atoms with Crippen molar-refractivity contribution >= 4 is 17.3 Å². The van der Waals surface area contributed by atoms with E-state index < -0.39 is 5.60 Å². The van der Waals surface area contributed by atoms with Gasteiger partial charge in [-0.3, -0.25) is 0 Å². The first-order valence-electron chi connectivity index (χ1n) is 6.77. The van der Waals surface area contributed by atoms with Gasteiger partial charge in [0.05, 0.1) is 12.1 Å². The molecule has 0 spiro atoms. The second-order valence-corrected chi connectivity index (χ2v) is 6.31. The largest absolute Gasteiger partial charge is 0.388 e. The molecule has 0 saturated heterocycles. The van der Waals surface area contributed by atoms with E-state index in [2.05, 4.69) is 20.6 Å². The molecule has 5 nitrogen and oxygen atoms in total. The first-order valence-corrected chi connectivity index (χ1v) is 7.59. The van der Waals surface area contributed by atoms with Crippen molar-refractivity contribution in [2.45, 2.75) is 45.3 Å². The van der Waals surface area contributed by atoms with Crippen LogP contribution in [0.25, 0.3) is 0 Å². The molecule has 0 atom stereocenters. The molecule has 0 aliphatic heterocycles. The third kappa shape index (κ3) is 4.18. The fraction of sp³-hybridized carbons (Fsp3) is 0.692. The van der Waals surface area contributed by atoms with Gasteiger partial charge in [-0.2, -0.15) is 0 Å². The molecule has 1 aromatic heterocycles. The van der Waals surface area contributed by atoms with E-state index in [0.717, 1.165) is 36.8 Å². The van der Waals surface area contributed by atoms with E-state index >= 15 is 0 Å². The molecule has 1 saturated carbocycles. The molecule has 3 N–H and O–H groups in total. The Labute approximate surface area is 118 Å². The quantitative estimate of drug-likeness (QED) is 0.564. The SMILES string of the molecule is CCNC(=NCc1ncc(C)s1)NCC1(O)CCC1. The Morgan fingerprint density at radius 1 is 1.53 bits per heavy atom. The fourth-order valence-electron chi connectivity index (χ4n) is 1.97. The normalized spacial score (nSPS) is 17.9. The number of nitrogens with zero attached hydrogens (tertiary/aromatic N) is 2. The molecule has 2 rings (SSSR count). The van der Waals surface area contributed by atoms with E-state index in [-0.39, 0.29) is 0 Å². The van der Waals surface area contributed by atoms with E-state index in [1.807, 2.05) is 20.0 Å². The molecular weight excluding hydrogens is 260 g/mol. The van der Waals surface area contributed by atoms with Gasteiger partial charge >= 0.3 is 0 Å². The molecule has 19 heavy (non-hydrogen) atoms. The predicted octanol–water partition coefficient (Wildman–Crippen LogP) is 1.42. The summed E-state index contributed by atoms with van der Waals surface area (Å²) < 4.78 is 0. The van der Waals surface area contributed by atoms with Crippen LogP contribution in [0.4, 0.5) is 0 Å². The summed E-state index contributed by atoms with van der Waals surface area (Å²) in [5.41, 5.74) is -0.534. The van der Waals surface area contributed by atoms with Crippen LogP contribution in [-0.4, -0.2) is 34.7 Å². The van der Waals surface area contributed by atoms with Gasteiger partial charge in [-0.25, -0.2) is 9.98 Å². The number of guanidine groups is 1. The molecule has 1 aliphatic rings. The van der Waals surface area contributed by atoms with Crippen LogP contribution in [-0.2, 0) is 6.54 Å². The maximum absolute atomic E-state index is 10.1. The third-order valence-corrected chi connectivity index (χ3v) is 4.15. The predicted molar refractivity (Wildman–Crippen MR) is 78.5 cm³/mol. The average molecular weight is 282 g/mol. The lowest BCUT2D eigenvalue weighted by atomic mass is 9.80. The Morgan fingerprint density at radius 2 is 2.32 bits per heavy atom. The molecule has 0 unspecified atom stereocenters. The highest BCUT2D eigenvalue weighted by molar-refractivity contribution is 7.11. The maximum Gasteiger partial charge on any atom is 0.191 e. The number of hydrogen-bond donors (Lipinski definition) is 3. The summed E-state index contributed by atoms with van der Waals surface area (Å²) in [6.07, 6.45) is 4.74. The summed E-state index contributed by atoms with van der Waals surface area (Å²) >= 11 is 1.66. The molecule has 1 aromatic rings. The zero-order valence-electron chi connectivity index (χ0n) is 11.6. The Kier molecular flexibility index (Phi) is 4.76. The summed E-state index contributed by atoms with van der Waals surface area (Å²) in [5, 5.41) is 17.5. The van der Waals surface area contributed by atoms with Crippen LogP contribution in [0, 0.1) is 6.92 Å². The minimum atomic E-state index is -0.534. The van der Waals surface area contributed by atoms with Crippen LogP contribution in [0.5, 0.6) is 0 Å². The standard InChI is InChI=1S/C13H22N4OS/c1-3-14-12(17-9-13(18)5-4-6-13)16-8-11-15-7-10(2)19-11/h7,18H,3-6,8-9H2,1-2H3,(H2,14,16,17). The van der Waals surface area contributed by atoms with Crippen molar-refractivity contribution in [1.82, 2.24) is 15.6 Å². The summed E-state index contributed by atoms with van der Waals surface area (Å²) in [7, 11) is 0. The minimum Gasteiger partial charge on any atom is -0.388 e. The van der Waals surface area contributed by atoms with Crippen LogP contribution in [0.1, 0.15) is 36.1 Å². The Bertz CT molecular complexity index is 440. The van der Waals surface area contributed by atoms with Crippen molar-refractivity contribution in [3.8, 4) is 0 Å². The highest BCUT2D eigenvalue weighted by atomic mass is 32.1. The number of aromatic nitrogens is 1. The van der Waals surface area contributed by atoms with Crippen LogP contribution < -0.4 is 10.6 Å². The molecule has 0 radical (unpaired) electrons. The van der Waals surface area contributed by atoms with E-state index in [1.165, 1.54) is 4.88 Å². The second kappa shape index (κ2) is 6.34. The highest BCUT2D eigenvalue weighted by Gasteiger charge is 2.34. The number of nitrogens with one attached hydrogen (secondary N) is 2. The summed E-state index contributed by atoms with van der Waals surface area (Å²) in [6, 6.07) is 0. The van der Waals surface area contributed by atoms with Gasteiger partial charge in [0.2, 0.25) is 0 Å². The molecule has 1 fully saturated rings. The molecule has 6 heteroatoms. The lowest BCUT2D eigenvalue weighted by Gasteiger charge is -2.36.